The minimum atomic E-state index is -3.73. The van der Waals surface area contributed by atoms with Gasteiger partial charge in [-0.2, -0.15) is 4.31 Å². The molecule has 1 aromatic heterocycles. The monoisotopic (exact) mass is 574 g/mol. The summed E-state index contributed by atoms with van der Waals surface area (Å²) in [7, 11) is -2.16. The number of fused-ring (bicyclic) bond motifs is 1. The first-order valence-corrected chi connectivity index (χ1v) is 15.9. The van der Waals surface area contributed by atoms with Gasteiger partial charge in [0.05, 0.1) is 31.7 Å². The molecule has 0 bridgehead atoms. The van der Waals surface area contributed by atoms with Crippen molar-refractivity contribution in [1.82, 2.24) is 28.9 Å². The lowest BCUT2D eigenvalue weighted by molar-refractivity contribution is -0.138. The lowest BCUT2D eigenvalue weighted by Gasteiger charge is -2.35. The van der Waals surface area contributed by atoms with Gasteiger partial charge in [-0.15, -0.1) is 10.2 Å². The third-order valence-electron chi connectivity index (χ3n) is 8.34. The number of piperidine rings is 2. The molecular weight excluding hydrogens is 532 g/mol. The first kappa shape index (κ1) is 29.0. The molecule has 0 spiro atoms. The largest absolute Gasteiger partial charge is 0.497 e. The van der Waals surface area contributed by atoms with Crippen LogP contribution < -0.4 is 4.74 Å². The van der Waals surface area contributed by atoms with Crippen LogP contribution in [0.15, 0.2) is 17.0 Å². The van der Waals surface area contributed by atoms with Crippen LogP contribution in [-0.4, -0.2) is 95.7 Å². The SMILES string of the molecule is COc1cc(C)c(S(=O)(=O)N2CCCCC2COCC(=O)N2CCn3c(CN4CCCCC4)nnc3C2)c(C)c1. The molecule has 40 heavy (non-hydrogen) atoms. The highest BCUT2D eigenvalue weighted by Gasteiger charge is 2.36. The summed E-state index contributed by atoms with van der Waals surface area (Å²) in [5.74, 6) is 2.31. The Morgan fingerprint density at radius 3 is 2.42 bits per heavy atom. The fourth-order valence-electron chi connectivity index (χ4n) is 6.25. The van der Waals surface area contributed by atoms with Crippen LogP contribution in [0.25, 0.3) is 0 Å². The molecule has 0 aliphatic carbocycles. The Morgan fingerprint density at radius 1 is 0.975 bits per heavy atom. The number of methoxy groups -OCH3 is 1. The Hall–Kier alpha value is -2.54. The molecule has 1 aromatic carbocycles. The molecule has 0 radical (unpaired) electrons. The number of carbonyl (C=O) groups excluding carboxylic acids is 1. The molecule has 0 N–H and O–H groups in total. The number of benzene rings is 1. The molecule has 220 valence electrons. The second-order valence-electron chi connectivity index (χ2n) is 11.2. The predicted molar refractivity (Wildman–Crippen MR) is 149 cm³/mol. The van der Waals surface area contributed by atoms with Crippen LogP contribution in [0.3, 0.4) is 0 Å². The molecule has 12 heteroatoms. The molecule has 2 saturated heterocycles. The Balaban J connectivity index is 1.17. The highest BCUT2D eigenvalue weighted by molar-refractivity contribution is 7.89. The van der Waals surface area contributed by atoms with E-state index < -0.39 is 10.0 Å². The summed E-state index contributed by atoms with van der Waals surface area (Å²) in [5, 5.41) is 8.79. The van der Waals surface area contributed by atoms with Crippen molar-refractivity contribution >= 4 is 15.9 Å². The van der Waals surface area contributed by atoms with Gasteiger partial charge in [0.2, 0.25) is 15.9 Å². The van der Waals surface area contributed by atoms with Crippen molar-refractivity contribution in [2.24, 2.45) is 0 Å². The number of rotatable bonds is 9. The fraction of sp³-hybridized carbons (Fsp3) is 0.679. The number of hydrogen-bond donors (Lipinski definition) is 0. The van der Waals surface area contributed by atoms with Crippen molar-refractivity contribution in [2.45, 2.75) is 82.9 Å². The number of ether oxygens (including phenoxy) is 2. The zero-order valence-electron chi connectivity index (χ0n) is 24.0. The third kappa shape index (κ3) is 6.19. The van der Waals surface area contributed by atoms with Crippen LogP contribution in [-0.2, 0) is 39.2 Å². The maximum atomic E-state index is 13.8. The molecule has 5 rings (SSSR count). The molecule has 2 fully saturated rings. The molecule has 11 nitrogen and oxygen atoms in total. The zero-order chi connectivity index (χ0) is 28.3. The Bertz CT molecular complexity index is 1280. The van der Waals surface area contributed by atoms with Gasteiger partial charge in [0, 0.05) is 25.7 Å². The average Bonchev–Trinajstić information content (AvgIpc) is 3.35. The summed E-state index contributed by atoms with van der Waals surface area (Å²) in [6, 6.07) is 3.20. The zero-order valence-corrected chi connectivity index (χ0v) is 24.8. The average molecular weight is 575 g/mol. The maximum absolute atomic E-state index is 13.8. The van der Waals surface area contributed by atoms with Crippen LogP contribution in [0.5, 0.6) is 5.75 Å². The topological polar surface area (TPSA) is 110 Å². The Morgan fingerprint density at radius 2 is 1.70 bits per heavy atom. The quantitative estimate of drug-likeness (QED) is 0.449. The highest BCUT2D eigenvalue weighted by atomic mass is 32.2. The van der Waals surface area contributed by atoms with Gasteiger partial charge in [0.25, 0.3) is 0 Å². The van der Waals surface area contributed by atoms with E-state index in [0.717, 1.165) is 44.1 Å². The van der Waals surface area contributed by atoms with Gasteiger partial charge in [-0.1, -0.05) is 12.8 Å². The molecule has 4 heterocycles. The minimum Gasteiger partial charge on any atom is -0.497 e. The van der Waals surface area contributed by atoms with Crippen molar-refractivity contribution in [2.75, 3.05) is 46.5 Å². The Labute approximate surface area is 237 Å². The van der Waals surface area contributed by atoms with Crippen molar-refractivity contribution in [3.05, 3.63) is 34.9 Å². The first-order valence-electron chi connectivity index (χ1n) is 14.4. The smallest absolute Gasteiger partial charge is 0.249 e. The second-order valence-corrected chi connectivity index (χ2v) is 13.0. The van der Waals surface area contributed by atoms with E-state index >= 15 is 0 Å². The van der Waals surface area contributed by atoms with E-state index in [-0.39, 0.29) is 25.2 Å². The molecule has 2 aromatic rings. The first-order chi connectivity index (χ1) is 19.3. The van der Waals surface area contributed by atoms with Crippen molar-refractivity contribution in [3.8, 4) is 5.75 Å². The summed E-state index contributed by atoms with van der Waals surface area (Å²) in [6.07, 6.45) is 6.19. The van der Waals surface area contributed by atoms with E-state index in [1.165, 1.54) is 19.3 Å². The number of aryl methyl sites for hydroxylation is 2. The van der Waals surface area contributed by atoms with E-state index in [0.29, 0.717) is 54.4 Å². The number of aromatic nitrogens is 3. The maximum Gasteiger partial charge on any atom is 0.249 e. The van der Waals surface area contributed by atoms with E-state index in [1.54, 1.807) is 42.3 Å². The molecule has 1 unspecified atom stereocenters. The van der Waals surface area contributed by atoms with E-state index in [1.807, 2.05) is 0 Å². The molecule has 0 saturated carbocycles. The van der Waals surface area contributed by atoms with Crippen molar-refractivity contribution in [3.63, 3.8) is 0 Å². The second kappa shape index (κ2) is 12.5. The van der Waals surface area contributed by atoms with E-state index in [2.05, 4.69) is 19.7 Å². The molecular formula is C28H42N6O5S. The van der Waals surface area contributed by atoms with E-state index in [9.17, 15) is 13.2 Å². The standard InChI is InChI=1S/C28H42N6O5S/c1-21-15-24(38-3)16-22(2)28(21)40(36,37)34-12-8-5-9-23(34)19-39-20-27(35)32-13-14-33-25(29-30-26(33)18-32)17-31-10-6-4-7-11-31/h15-16,23H,4-14,17-20H2,1-3H3. The minimum absolute atomic E-state index is 0.0836. The number of nitrogens with zero attached hydrogens (tertiary/aromatic N) is 6. The predicted octanol–water partition coefficient (Wildman–Crippen LogP) is 2.49. The number of amides is 1. The molecule has 3 aliphatic heterocycles. The lowest BCUT2D eigenvalue weighted by Crippen LogP contribution is -2.47. The van der Waals surface area contributed by atoms with Gasteiger partial charge in [-0.25, -0.2) is 8.42 Å². The van der Waals surface area contributed by atoms with Crippen LogP contribution >= 0.6 is 0 Å². The summed E-state index contributed by atoms with van der Waals surface area (Å²) < 4.78 is 42.4. The van der Waals surface area contributed by atoms with Gasteiger partial charge < -0.3 is 18.9 Å². The van der Waals surface area contributed by atoms with Gasteiger partial charge in [-0.05, 0) is 75.9 Å². The molecule has 1 atom stereocenters. The summed E-state index contributed by atoms with van der Waals surface area (Å²) in [4.78, 5) is 17.5. The summed E-state index contributed by atoms with van der Waals surface area (Å²) >= 11 is 0. The summed E-state index contributed by atoms with van der Waals surface area (Å²) in [6.45, 7) is 8.81. The normalized spacial score (nSPS) is 20.9. The van der Waals surface area contributed by atoms with Gasteiger partial charge >= 0.3 is 0 Å². The molecule has 3 aliphatic rings. The number of hydrogen-bond acceptors (Lipinski definition) is 8. The van der Waals surface area contributed by atoms with Crippen LogP contribution in [0.4, 0.5) is 0 Å². The van der Waals surface area contributed by atoms with Crippen LogP contribution in [0.2, 0.25) is 0 Å². The lowest BCUT2D eigenvalue weighted by atomic mass is 10.1. The fourth-order valence-corrected chi connectivity index (χ4v) is 8.34. The highest BCUT2D eigenvalue weighted by Crippen LogP contribution is 2.32. The summed E-state index contributed by atoms with van der Waals surface area (Å²) in [5.41, 5.74) is 1.32. The van der Waals surface area contributed by atoms with Crippen molar-refractivity contribution in [1.29, 1.82) is 0 Å². The number of likely N-dealkylation sites (tertiary alicyclic amines) is 1. The van der Waals surface area contributed by atoms with Gasteiger partial charge in [0.15, 0.2) is 5.82 Å². The number of carbonyl (C=O) groups is 1. The third-order valence-corrected chi connectivity index (χ3v) is 10.6. The van der Waals surface area contributed by atoms with Gasteiger partial charge in [-0.3, -0.25) is 9.69 Å². The van der Waals surface area contributed by atoms with Crippen molar-refractivity contribution < 1.29 is 22.7 Å². The van der Waals surface area contributed by atoms with E-state index in [4.69, 9.17) is 9.47 Å². The van der Waals surface area contributed by atoms with Crippen LogP contribution in [0.1, 0.15) is 61.3 Å². The molecule has 1 amide bonds. The van der Waals surface area contributed by atoms with Gasteiger partial charge in [0.1, 0.15) is 18.2 Å². The van der Waals surface area contributed by atoms with Crippen LogP contribution in [0, 0.1) is 13.8 Å². The number of sulfonamides is 1. The Kier molecular flexibility index (Phi) is 9.08.